The van der Waals surface area contributed by atoms with Crippen LogP contribution in [0.15, 0.2) is 0 Å². The summed E-state index contributed by atoms with van der Waals surface area (Å²) in [6.07, 6.45) is -1.03. The third-order valence-corrected chi connectivity index (χ3v) is 2.74. The number of hydrogen-bond donors (Lipinski definition) is 0. The van der Waals surface area contributed by atoms with Crippen molar-refractivity contribution in [1.82, 2.24) is 0 Å². The van der Waals surface area contributed by atoms with E-state index in [0.717, 1.165) is 32.1 Å². The maximum Gasteiger partial charge on any atom is 0.425 e. The lowest BCUT2D eigenvalue weighted by atomic mass is 10.1. The lowest BCUT2D eigenvalue weighted by molar-refractivity contribution is -0.230. The molecule has 1 unspecified atom stereocenters. The summed E-state index contributed by atoms with van der Waals surface area (Å²) in [4.78, 5) is 11.3. The minimum atomic E-state index is -4.72. The highest BCUT2D eigenvalue weighted by Gasteiger charge is 2.47. The third kappa shape index (κ3) is 9.18. The van der Waals surface area contributed by atoms with Crippen LogP contribution >= 0.6 is 0 Å². The number of alkyl halides is 3. The first-order chi connectivity index (χ1) is 9.43. The number of hydrogen-bond acceptors (Lipinski definition) is 3. The Balaban J connectivity index is 3.97. The van der Waals surface area contributed by atoms with Gasteiger partial charge in [-0.15, -0.1) is 0 Å². The SMILES string of the molecule is CCCCCCCCOC(C(=O)OCCC)C(F)(F)F. The van der Waals surface area contributed by atoms with Crippen molar-refractivity contribution in [2.24, 2.45) is 0 Å². The molecule has 0 fully saturated rings. The maximum atomic E-state index is 12.6. The lowest BCUT2D eigenvalue weighted by Crippen LogP contribution is -2.40. The molecule has 0 saturated heterocycles. The molecule has 0 aliphatic carbocycles. The van der Waals surface area contributed by atoms with Crippen LogP contribution in [-0.2, 0) is 14.3 Å². The van der Waals surface area contributed by atoms with Crippen LogP contribution in [0.5, 0.6) is 0 Å². The summed E-state index contributed by atoms with van der Waals surface area (Å²) < 4.78 is 47.1. The summed E-state index contributed by atoms with van der Waals surface area (Å²) >= 11 is 0. The number of halogens is 3. The highest BCUT2D eigenvalue weighted by molar-refractivity contribution is 5.75. The molecule has 3 nitrogen and oxygen atoms in total. The van der Waals surface area contributed by atoms with E-state index in [1.54, 1.807) is 6.92 Å². The van der Waals surface area contributed by atoms with Crippen LogP contribution in [0.25, 0.3) is 0 Å². The molecule has 0 rings (SSSR count). The zero-order chi connectivity index (χ0) is 15.4. The minimum absolute atomic E-state index is 0.0220. The summed E-state index contributed by atoms with van der Waals surface area (Å²) in [5.41, 5.74) is 0. The number of rotatable bonds is 11. The Kier molecular flexibility index (Phi) is 10.5. The monoisotopic (exact) mass is 298 g/mol. The first-order valence-electron chi connectivity index (χ1n) is 7.28. The van der Waals surface area contributed by atoms with Crippen LogP contribution in [0.1, 0.15) is 58.8 Å². The quantitative estimate of drug-likeness (QED) is 0.422. The van der Waals surface area contributed by atoms with E-state index < -0.39 is 18.2 Å². The largest absolute Gasteiger partial charge is 0.464 e. The predicted octanol–water partition coefficient (Wildman–Crippen LogP) is 4.25. The number of esters is 1. The predicted molar refractivity (Wildman–Crippen MR) is 70.4 cm³/mol. The van der Waals surface area contributed by atoms with Crippen molar-refractivity contribution in [2.45, 2.75) is 71.1 Å². The van der Waals surface area contributed by atoms with Gasteiger partial charge in [0.15, 0.2) is 0 Å². The van der Waals surface area contributed by atoms with Gasteiger partial charge < -0.3 is 9.47 Å². The molecule has 0 spiro atoms. The Labute approximate surface area is 118 Å². The minimum Gasteiger partial charge on any atom is -0.464 e. The first kappa shape index (κ1) is 19.2. The van der Waals surface area contributed by atoms with E-state index in [1.807, 2.05) is 0 Å². The van der Waals surface area contributed by atoms with E-state index in [4.69, 9.17) is 0 Å². The van der Waals surface area contributed by atoms with Crippen molar-refractivity contribution in [1.29, 1.82) is 0 Å². The Morgan fingerprint density at radius 1 is 0.950 bits per heavy atom. The molecular weight excluding hydrogens is 273 g/mol. The van der Waals surface area contributed by atoms with Crippen LogP contribution in [0.2, 0.25) is 0 Å². The molecule has 0 aliphatic heterocycles. The van der Waals surface area contributed by atoms with Gasteiger partial charge in [0.1, 0.15) is 0 Å². The van der Waals surface area contributed by atoms with Crippen LogP contribution in [-0.4, -0.2) is 31.5 Å². The average Bonchev–Trinajstić information content (AvgIpc) is 2.37. The van der Waals surface area contributed by atoms with Crippen LogP contribution in [0.4, 0.5) is 13.2 Å². The van der Waals surface area contributed by atoms with Crippen molar-refractivity contribution in [3.8, 4) is 0 Å². The fourth-order valence-corrected chi connectivity index (χ4v) is 1.66. The first-order valence-corrected chi connectivity index (χ1v) is 7.28. The molecule has 0 saturated carbocycles. The van der Waals surface area contributed by atoms with E-state index in [0.29, 0.717) is 12.8 Å². The lowest BCUT2D eigenvalue weighted by Gasteiger charge is -2.19. The molecule has 0 bridgehead atoms. The second kappa shape index (κ2) is 10.9. The fourth-order valence-electron chi connectivity index (χ4n) is 1.66. The highest BCUT2D eigenvalue weighted by atomic mass is 19.4. The van der Waals surface area contributed by atoms with Crippen molar-refractivity contribution in [3.05, 3.63) is 0 Å². The van der Waals surface area contributed by atoms with E-state index in [2.05, 4.69) is 16.4 Å². The summed E-state index contributed by atoms with van der Waals surface area (Å²) in [5, 5.41) is 0. The van der Waals surface area contributed by atoms with E-state index >= 15 is 0 Å². The topological polar surface area (TPSA) is 35.5 Å². The smallest absolute Gasteiger partial charge is 0.425 e. The highest BCUT2D eigenvalue weighted by Crippen LogP contribution is 2.24. The van der Waals surface area contributed by atoms with Gasteiger partial charge in [-0.05, 0) is 12.8 Å². The van der Waals surface area contributed by atoms with Gasteiger partial charge in [0.2, 0.25) is 0 Å². The molecule has 20 heavy (non-hydrogen) atoms. The number of ether oxygens (including phenoxy) is 2. The average molecular weight is 298 g/mol. The summed E-state index contributed by atoms with van der Waals surface area (Å²) in [5.74, 6) is -1.34. The van der Waals surface area contributed by atoms with Crippen molar-refractivity contribution < 1.29 is 27.4 Å². The fraction of sp³-hybridized carbons (Fsp3) is 0.929. The van der Waals surface area contributed by atoms with Gasteiger partial charge >= 0.3 is 12.1 Å². The zero-order valence-electron chi connectivity index (χ0n) is 12.3. The van der Waals surface area contributed by atoms with Gasteiger partial charge in [-0.25, -0.2) is 4.79 Å². The van der Waals surface area contributed by atoms with E-state index in [1.165, 1.54) is 0 Å². The van der Waals surface area contributed by atoms with Gasteiger partial charge in [-0.3, -0.25) is 0 Å². The molecule has 0 aliphatic rings. The van der Waals surface area contributed by atoms with E-state index in [9.17, 15) is 18.0 Å². The van der Waals surface area contributed by atoms with Crippen LogP contribution in [0.3, 0.4) is 0 Å². The summed E-state index contributed by atoms with van der Waals surface area (Å²) in [6, 6.07) is 0. The van der Waals surface area contributed by atoms with Gasteiger partial charge in [-0.2, -0.15) is 13.2 Å². The van der Waals surface area contributed by atoms with Crippen LogP contribution < -0.4 is 0 Å². The molecule has 1 atom stereocenters. The Morgan fingerprint density at radius 3 is 2.10 bits per heavy atom. The molecule has 120 valence electrons. The van der Waals surface area contributed by atoms with Gasteiger partial charge in [0.25, 0.3) is 6.10 Å². The number of carbonyl (C=O) groups excluding carboxylic acids is 1. The molecule has 0 aromatic carbocycles. The van der Waals surface area contributed by atoms with Crippen LogP contribution in [0, 0.1) is 0 Å². The molecule has 0 radical (unpaired) electrons. The number of unbranched alkanes of at least 4 members (excludes halogenated alkanes) is 5. The molecule has 0 heterocycles. The van der Waals surface area contributed by atoms with Crippen molar-refractivity contribution in [3.63, 3.8) is 0 Å². The summed E-state index contributed by atoms with van der Waals surface area (Å²) in [6.45, 7) is 3.72. The van der Waals surface area contributed by atoms with E-state index in [-0.39, 0.29) is 13.2 Å². The summed E-state index contributed by atoms with van der Waals surface area (Å²) in [7, 11) is 0. The molecule has 0 aromatic rings. The second-order valence-electron chi connectivity index (χ2n) is 4.73. The van der Waals surface area contributed by atoms with Gasteiger partial charge in [0.05, 0.1) is 6.61 Å². The van der Waals surface area contributed by atoms with Crippen molar-refractivity contribution >= 4 is 5.97 Å². The Hall–Kier alpha value is -0.780. The zero-order valence-corrected chi connectivity index (χ0v) is 12.3. The maximum absolute atomic E-state index is 12.6. The number of carbonyl (C=O) groups is 1. The molecule has 0 N–H and O–H groups in total. The molecular formula is C14H25F3O3. The third-order valence-electron chi connectivity index (χ3n) is 2.74. The van der Waals surface area contributed by atoms with Crippen molar-refractivity contribution in [2.75, 3.05) is 13.2 Å². The molecule has 6 heteroatoms. The second-order valence-corrected chi connectivity index (χ2v) is 4.73. The molecule has 0 amide bonds. The molecule has 0 aromatic heterocycles. The van der Waals surface area contributed by atoms with Gasteiger partial charge in [0, 0.05) is 6.61 Å². The standard InChI is InChI=1S/C14H25F3O3/c1-3-5-6-7-8-9-11-19-12(14(15,16)17)13(18)20-10-4-2/h12H,3-11H2,1-2H3. The Bertz CT molecular complexity index is 255. The normalized spacial score (nSPS) is 13.2. The Morgan fingerprint density at radius 2 is 1.55 bits per heavy atom. The van der Waals surface area contributed by atoms with Gasteiger partial charge in [-0.1, -0.05) is 46.0 Å².